The summed E-state index contributed by atoms with van der Waals surface area (Å²) in [4.78, 5) is 26.3. The van der Waals surface area contributed by atoms with Gasteiger partial charge in [-0.2, -0.15) is 5.06 Å². The molecule has 1 N–H and O–H groups in total. The molecule has 8 heteroatoms. The van der Waals surface area contributed by atoms with Gasteiger partial charge in [-0.05, 0) is 18.4 Å². The van der Waals surface area contributed by atoms with E-state index in [0.717, 1.165) is 31.2 Å². The number of hydroxylamine groups is 2. The Kier molecular flexibility index (Phi) is 6.41. The van der Waals surface area contributed by atoms with Gasteiger partial charge in [0, 0.05) is 17.3 Å². The molecule has 1 aliphatic rings. The van der Waals surface area contributed by atoms with Crippen molar-refractivity contribution in [2.24, 2.45) is 0 Å². The van der Waals surface area contributed by atoms with Gasteiger partial charge in [-0.15, -0.1) is 0 Å². The van der Waals surface area contributed by atoms with Gasteiger partial charge in [0.15, 0.2) is 0 Å². The summed E-state index contributed by atoms with van der Waals surface area (Å²) >= 11 is 5.05. The highest BCUT2D eigenvalue weighted by molar-refractivity contribution is 7.80. The van der Waals surface area contributed by atoms with Gasteiger partial charge in [-0.1, -0.05) is 43.2 Å². The number of carbonyl (C=O) groups excluding carboxylic acids is 1. The van der Waals surface area contributed by atoms with Crippen molar-refractivity contribution in [3.63, 3.8) is 0 Å². The molecule has 2 rings (SSSR count). The van der Waals surface area contributed by atoms with E-state index in [2.05, 4.69) is 4.52 Å². The molecular formula is C14H19ClNO5P. The number of rotatable bonds is 7. The van der Waals surface area contributed by atoms with Gasteiger partial charge in [-0.3, -0.25) is 9.63 Å². The molecule has 1 aromatic carbocycles. The van der Waals surface area contributed by atoms with E-state index in [4.69, 9.17) is 21.0 Å². The monoisotopic (exact) mass is 347 g/mol. The Bertz CT molecular complexity index is 529. The van der Waals surface area contributed by atoms with Crippen LogP contribution in [0.1, 0.15) is 31.2 Å². The van der Waals surface area contributed by atoms with Crippen LogP contribution in [0.25, 0.3) is 0 Å². The predicted octanol–water partition coefficient (Wildman–Crippen LogP) is 3.25. The SMILES string of the molecule is O=C(CN(OCc1ccccc1)C1CCCC1)OP(=O)(O)Cl. The summed E-state index contributed by atoms with van der Waals surface area (Å²) in [7, 11) is 0. The van der Waals surface area contributed by atoms with Gasteiger partial charge in [0.25, 0.3) is 0 Å². The smallest absolute Gasteiger partial charge is 0.379 e. The van der Waals surface area contributed by atoms with E-state index in [-0.39, 0.29) is 12.6 Å². The van der Waals surface area contributed by atoms with Gasteiger partial charge in [-0.25, -0.2) is 4.57 Å². The molecule has 6 nitrogen and oxygen atoms in total. The minimum atomic E-state index is -4.35. The van der Waals surface area contributed by atoms with E-state index >= 15 is 0 Å². The third-order valence-corrected chi connectivity index (χ3v) is 4.11. The van der Waals surface area contributed by atoms with Crippen LogP contribution in [0.4, 0.5) is 0 Å². The molecule has 0 bridgehead atoms. The Morgan fingerprint density at radius 2 is 1.95 bits per heavy atom. The maximum Gasteiger partial charge on any atom is 0.476 e. The third-order valence-electron chi connectivity index (χ3n) is 3.47. The molecular weight excluding hydrogens is 329 g/mol. The molecule has 1 atom stereocenters. The van der Waals surface area contributed by atoms with Crippen molar-refractivity contribution < 1.29 is 23.6 Å². The Balaban J connectivity index is 1.94. The van der Waals surface area contributed by atoms with Crippen LogP contribution in [-0.4, -0.2) is 28.5 Å². The van der Waals surface area contributed by atoms with Gasteiger partial charge in [0.05, 0.1) is 6.61 Å². The van der Waals surface area contributed by atoms with E-state index in [9.17, 15) is 9.36 Å². The number of hydrogen-bond acceptors (Lipinski definition) is 5. The Morgan fingerprint density at radius 3 is 2.55 bits per heavy atom. The fourth-order valence-corrected chi connectivity index (χ4v) is 3.03. The molecule has 1 saturated carbocycles. The molecule has 1 unspecified atom stereocenters. The molecule has 0 aromatic heterocycles. The number of benzene rings is 1. The maximum absolute atomic E-state index is 11.7. The van der Waals surface area contributed by atoms with Crippen LogP contribution in [0.15, 0.2) is 30.3 Å². The molecule has 22 heavy (non-hydrogen) atoms. The Hall–Kier alpha value is -0.910. The zero-order valence-electron chi connectivity index (χ0n) is 12.1. The van der Waals surface area contributed by atoms with Crippen LogP contribution in [0, 0.1) is 0 Å². The summed E-state index contributed by atoms with van der Waals surface area (Å²) in [5, 5.41) is 1.54. The highest BCUT2D eigenvalue weighted by Gasteiger charge is 2.28. The maximum atomic E-state index is 11.7. The van der Waals surface area contributed by atoms with E-state index in [1.807, 2.05) is 30.3 Å². The molecule has 1 fully saturated rings. The average Bonchev–Trinajstić information content (AvgIpc) is 2.96. The lowest BCUT2D eigenvalue weighted by molar-refractivity contribution is -0.201. The summed E-state index contributed by atoms with van der Waals surface area (Å²) in [6.07, 6.45) is 3.97. The van der Waals surface area contributed by atoms with Crippen LogP contribution >= 0.6 is 18.2 Å². The molecule has 0 spiro atoms. The average molecular weight is 348 g/mol. The standard InChI is InChI=1S/C14H19ClNO5P/c15-22(18,19)21-14(17)10-16(13-8-4-5-9-13)20-11-12-6-2-1-3-7-12/h1-3,6-7,13H,4-5,8-11H2,(H,18,19). The van der Waals surface area contributed by atoms with E-state index in [1.165, 1.54) is 5.06 Å². The summed E-state index contributed by atoms with van der Waals surface area (Å²) in [5.74, 6) is -0.874. The number of carbonyl (C=O) groups is 1. The second-order valence-corrected chi connectivity index (χ2v) is 7.55. The van der Waals surface area contributed by atoms with Crippen LogP contribution < -0.4 is 0 Å². The van der Waals surface area contributed by atoms with Crippen molar-refractivity contribution in [3.8, 4) is 0 Å². The topological polar surface area (TPSA) is 76.1 Å². The van der Waals surface area contributed by atoms with Crippen LogP contribution in [0.5, 0.6) is 0 Å². The largest absolute Gasteiger partial charge is 0.476 e. The summed E-state index contributed by atoms with van der Waals surface area (Å²) in [6.45, 7) is -4.25. The van der Waals surface area contributed by atoms with Gasteiger partial charge in [0.2, 0.25) is 0 Å². The lowest BCUT2D eigenvalue weighted by atomic mass is 10.2. The first kappa shape index (κ1) is 17.4. The number of halogens is 1. The summed E-state index contributed by atoms with van der Waals surface area (Å²) < 4.78 is 15.2. The van der Waals surface area contributed by atoms with Crippen molar-refractivity contribution in [1.29, 1.82) is 0 Å². The zero-order valence-corrected chi connectivity index (χ0v) is 13.7. The quantitative estimate of drug-likeness (QED) is 0.602. The lowest BCUT2D eigenvalue weighted by Crippen LogP contribution is -2.37. The minimum Gasteiger partial charge on any atom is -0.379 e. The van der Waals surface area contributed by atoms with Crippen molar-refractivity contribution in [3.05, 3.63) is 35.9 Å². The van der Waals surface area contributed by atoms with Crippen molar-refractivity contribution in [2.45, 2.75) is 38.3 Å². The molecule has 0 aliphatic heterocycles. The fourth-order valence-electron chi connectivity index (χ4n) is 2.49. The zero-order chi connectivity index (χ0) is 16.0. The molecule has 1 aliphatic carbocycles. The third kappa shape index (κ3) is 6.07. The number of hydrogen-bond donors (Lipinski definition) is 1. The number of nitrogens with zero attached hydrogens (tertiary/aromatic N) is 1. The molecule has 0 amide bonds. The Morgan fingerprint density at radius 1 is 1.32 bits per heavy atom. The van der Waals surface area contributed by atoms with Crippen LogP contribution in [0.2, 0.25) is 0 Å². The second-order valence-electron chi connectivity index (χ2n) is 5.19. The summed E-state index contributed by atoms with van der Waals surface area (Å²) in [5.41, 5.74) is 0.976. The molecule has 0 radical (unpaired) electrons. The normalized spacial score (nSPS) is 18.3. The van der Waals surface area contributed by atoms with Crippen molar-refractivity contribution in [1.82, 2.24) is 5.06 Å². The highest BCUT2D eigenvalue weighted by atomic mass is 35.7. The van der Waals surface area contributed by atoms with Gasteiger partial charge >= 0.3 is 12.9 Å². The highest BCUT2D eigenvalue weighted by Crippen LogP contribution is 2.47. The predicted molar refractivity (Wildman–Crippen MR) is 82.0 cm³/mol. The van der Waals surface area contributed by atoms with Crippen LogP contribution in [-0.2, 0) is 25.3 Å². The molecule has 1 aromatic rings. The van der Waals surface area contributed by atoms with Gasteiger partial charge < -0.3 is 9.42 Å². The molecule has 0 heterocycles. The summed E-state index contributed by atoms with van der Waals surface area (Å²) in [6, 6.07) is 9.67. The molecule has 0 saturated heterocycles. The first-order valence-corrected chi connectivity index (χ1v) is 9.60. The van der Waals surface area contributed by atoms with Crippen molar-refractivity contribution >= 4 is 24.2 Å². The van der Waals surface area contributed by atoms with E-state index in [1.54, 1.807) is 0 Å². The lowest BCUT2D eigenvalue weighted by Gasteiger charge is -2.26. The first-order valence-electron chi connectivity index (χ1n) is 7.12. The second kappa shape index (κ2) is 8.09. The van der Waals surface area contributed by atoms with Crippen LogP contribution in [0.3, 0.4) is 0 Å². The van der Waals surface area contributed by atoms with E-state index in [0.29, 0.717) is 6.61 Å². The van der Waals surface area contributed by atoms with Gasteiger partial charge in [0.1, 0.15) is 6.54 Å². The Labute approximate surface area is 134 Å². The minimum absolute atomic E-state index is 0.102. The fraction of sp³-hybridized carbons (Fsp3) is 0.500. The van der Waals surface area contributed by atoms with Crippen molar-refractivity contribution in [2.75, 3.05) is 6.54 Å². The first-order chi connectivity index (χ1) is 10.4. The molecule has 122 valence electrons. The van der Waals surface area contributed by atoms with E-state index < -0.39 is 12.9 Å².